The lowest BCUT2D eigenvalue weighted by molar-refractivity contribution is -0.121. The van der Waals surface area contributed by atoms with Crippen LogP contribution in [0.1, 0.15) is 29.2 Å². The van der Waals surface area contributed by atoms with E-state index in [0.717, 1.165) is 16.9 Å². The summed E-state index contributed by atoms with van der Waals surface area (Å²) < 4.78 is 15.2. The molecule has 6 nitrogen and oxygen atoms in total. The van der Waals surface area contributed by atoms with Crippen molar-refractivity contribution in [3.05, 3.63) is 89.4 Å². The number of aromatic nitrogens is 2. The molecule has 2 heterocycles. The minimum atomic E-state index is -0.445. The molecular formula is C23H21FN4O2. The van der Waals surface area contributed by atoms with Crippen molar-refractivity contribution in [3.8, 4) is 5.69 Å². The van der Waals surface area contributed by atoms with E-state index in [9.17, 15) is 14.0 Å². The number of amides is 2. The number of rotatable bonds is 4. The van der Waals surface area contributed by atoms with Gasteiger partial charge in [0.1, 0.15) is 5.82 Å². The first kappa shape index (κ1) is 19.6. The Hall–Kier alpha value is -3.74. The third-order valence-electron chi connectivity index (χ3n) is 5.17. The Bertz CT molecular complexity index is 1150. The number of halogens is 1. The molecule has 4 rings (SSSR count). The van der Waals surface area contributed by atoms with Crippen LogP contribution in [0, 0.1) is 19.7 Å². The maximum atomic E-state index is 13.3. The summed E-state index contributed by atoms with van der Waals surface area (Å²) in [7, 11) is 0. The molecule has 0 aliphatic carbocycles. The standard InChI is InChI=1S/C23H21FN4O2/c1-14-3-8-18(28-12-15(2)26-13-28)9-21(14)27-23(30)20-11-25-22(29)10-19(20)16-4-6-17(24)7-5-16/h3-9,11-13,19H,10H2,1-2H3,(H,25,29)(H,27,30)/t19-/m0/s1. The fourth-order valence-electron chi connectivity index (χ4n) is 3.49. The Kier molecular flexibility index (Phi) is 5.18. The summed E-state index contributed by atoms with van der Waals surface area (Å²) >= 11 is 0. The van der Waals surface area contributed by atoms with E-state index in [4.69, 9.17) is 0 Å². The molecule has 2 aromatic carbocycles. The third-order valence-corrected chi connectivity index (χ3v) is 5.17. The Labute approximate surface area is 173 Å². The van der Waals surface area contributed by atoms with Crippen LogP contribution in [-0.4, -0.2) is 21.4 Å². The number of nitrogens with one attached hydrogen (secondary N) is 2. The van der Waals surface area contributed by atoms with Crippen LogP contribution in [-0.2, 0) is 9.59 Å². The summed E-state index contributed by atoms with van der Waals surface area (Å²) in [4.78, 5) is 29.3. The lowest BCUT2D eigenvalue weighted by Crippen LogP contribution is -2.32. The van der Waals surface area contributed by atoms with Crippen molar-refractivity contribution in [2.75, 3.05) is 5.32 Å². The zero-order valence-electron chi connectivity index (χ0n) is 16.6. The van der Waals surface area contributed by atoms with Crippen LogP contribution in [0.4, 0.5) is 10.1 Å². The Morgan fingerprint density at radius 1 is 1.20 bits per heavy atom. The van der Waals surface area contributed by atoms with Gasteiger partial charge in [-0.3, -0.25) is 9.59 Å². The highest BCUT2D eigenvalue weighted by molar-refractivity contribution is 6.06. The van der Waals surface area contributed by atoms with Crippen LogP contribution < -0.4 is 10.6 Å². The molecule has 1 aromatic heterocycles. The number of benzene rings is 2. The smallest absolute Gasteiger partial charge is 0.253 e. The highest BCUT2D eigenvalue weighted by Gasteiger charge is 2.29. The van der Waals surface area contributed by atoms with Gasteiger partial charge in [0, 0.05) is 41.7 Å². The predicted molar refractivity (Wildman–Crippen MR) is 112 cm³/mol. The average Bonchev–Trinajstić information content (AvgIpc) is 3.16. The number of carbonyl (C=O) groups is 2. The second kappa shape index (κ2) is 7.94. The first-order valence-corrected chi connectivity index (χ1v) is 9.58. The molecule has 0 bridgehead atoms. The zero-order chi connectivity index (χ0) is 21.3. The van der Waals surface area contributed by atoms with Gasteiger partial charge in [-0.05, 0) is 49.2 Å². The monoisotopic (exact) mass is 404 g/mol. The SMILES string of the molecule is Cc1cn(-c2ccc(C)c(NC(=O)C3=CNC(=O)C[C@H]3c3ccc(F)cc3)c2)cn1. The average molecular weight is 404 g/mol. The molecule has 1 aliphatic heterocycles. The van der Waals surface area contributed by atoms with Gasteiger partial charge in [0.15, 0.2) is 0 Å². The molecule has 2 N–H and O–H groups in total. The molecule has 3 aromatic rings. The van der Waals surface area contributed by atoms with Gasteiger partial charge in [-0.25, -0.2) is 9.37 Å². The van der Waals surface area contributed by atoms with E-state index in [2.05, 4.69) is 15.6 Å². The molecule has 0 saturated carbocycles. The van der Waals surface area contributed by atoms with Crippen LogP contribution in [0.25, 0.3) is 5.69 Å². The number of hydrogen-bond acceptors (Lipinski definition) is 3. The second-order valence-electron chi connectivity index (χ2n) is 7.35. The molecular weight excluding hydrogens is 383 g/mol. The summed E-state index contributed by atoms with van der Waals surface area (Å²) in [6, 6.07) is 11.6. The Morgan fingerprint density at radius 2 is 1.97 bits per heavy atom. The third kappa shape index (κ3) is 4.00. The van der Waals surface area contributed by atoms with Gasteiger partial charge in [0.05, 0.1) is 12.0 Å². The molecule has 2 amide bonds. The first-order chi connectivity index (χ1) is 14.4. The lowest BCUT2D eigenvalue weighted by Gasteiger charge is -2.24. The van der Waals surface area contributed by atoms with E-state index >= 15 is 0 Å². The first-order valence-electron chi connectivity index (χ1n) is 9.58. The van der Waals surface area contributed by atoms with E-state index in [-0.39, 0.29) is 24.1 Å². The quantitative estimate of drug-likeness (QED) is 0.695. The predicted octanol–water partition coefficient (Wildman–Crippen LogP) is 3.75. The largest absolute Gasteiger partial charge is 0.332 e. The van der Waals surface area contributed by atoms with Crippen LogP contribution in [0.2, 0.25) is 0 Å². The van der Waals surface area contributed by atoms with Crippen molar-refractivity contribution in [2.24, 2.45) is 0 Å². The molecule has 152 valence electrons. The van der Waals surface area contributed by atoms with E-state index in [1.165, 1.54) is 18.3 Å². The topological polar surface area (TPSA) is 76.0 Å². The minimum Gasteiger partial charge on any atom is -0.332 e. The van der Waals surface area contributed by atoms with Gasteiger partial charge >= 0.3 is 0 Å². The molecule has 0 fully saturated rings. The maximum Gasteiger partial charge on any atom is 0.253 e. The normalized spacial score (nSPS) is 16.0. The molecule has 30 heavy (non-hydrogen) atoms. The van der Waals surface area contributed by atoms with Gasteiger partial charge < -0.3 is 15.2 Å². The van der Waals surface area contributed by atoms with Gasteiger partial charge in [0.2, 0.25) is 5.91 Å². The van der Waals surface area contributed by atoms with Gasteiger partial charge in [-0.15, -0.1) is 0 Å². The van der Waals surface area contributed by atoms with Crippen molar-refractivity contribution >= 4 is 17.5 Å². The number of hydrogen-bond donors (Lipinski definition) is 2. The summed E-state index contributed by atoms with van der Waals surface area (Å²) in [6.45, 7) is 3.82. The highest BCUT2D eigenvalue weighted by Crippen LogP contribution is 2.31. The van der Waals surface area contributed by atoms with Crippen molar-refractivity contribution in [1.82, 2.24) is 14.9 Å². The van der Waals surface area contributed by atoms with Gasteiger partial charge in [-0.1, -0.05) is 18.2 Å². The molecule has 1 atom stereocenters. The number of imidazole rings is 1. The highest BCUT2D eigenvalue weighted by atomic mass is 19.1. The molecule has 0 saturated heterocycles. The van der Waals surface area contributed by atoms with Crippen molar-refractivity contribution in [2.45, 2.75) is 26.2 Å². The molecule has 0 unspecified atom stereocenters. The van der Waals surface area contributed by atoms with Gasteiger partial charge in [0.25, 0.3) is 5.91 Å². The summed E-state index contributed by atoms with van der Waals surface area (Å²) in [5, 5.41) is 5.57. The van der Waals surface area contributed by atoms with Crippen LogP contribution in [0.3, 0.4) is 0 Å². The number of carbonyl (C=O) groups excluding carboxylic acids is 2. The molecule has 0 radical (unpaired) electrons. The Morgan fingerprint density at radius 3 is 2.67 bits per heavy atom. The molecule has 0 spiro atoms. The van der Waals surface area contributed by atoms with Crippen LogP contribution in [0.5, 0.6) is 0 Å². The molecule has 1 aliphatic rings. The van der Waals surface area contributed by atoms with Crippen molar-refractivity contribution in [3.63, 3.8) is 0 Å². The summed E-state index contributed by atoms with van der Waals surface area (Å²) in [5.41, 5.74) is 4.47. The fraction of sp³-hybridized carbons (Fsp3) is 0.174. The van der Waals surface area contributed by atoms with E-state index in [1.54, 1.807) is 18.5 Å². The number of nitrogens with zero attached hydrogens (tertiary/aromatic N) is 2. The summed E-state index contributed by atoms with van der Waals surface area (Å²) in [6.07, 6.45) is 5.18. The summed E-state index contributed by atoms with van der Waals surface area (Å²) in [5.74, 6) is -1.31. The molecule has 7 heteroatoms. The Balaban J connectivity index is 1.62. The van der Waals surface area contributed by atoms with Crippen LogP contribution >= 0.6 is 0 Å². The van der Waals surface area contributed by atoms with Gasteiger partial charge in [-0.2, -0.15) is 0 Å². The number of aryl methyl sites for hydroxylation is 2. The second-order valence-corrected chi connectivity index (χ2v) is 7.35. The maximum absolute atomic E-state index is 13.3. The lowest BCUT2D eigenvalue weighted by atomic mass is 9.86. The number of anilines is 1. The minimum absolute atomic E-state index is 0.123. The van der Waals surface area contributed by atoms with E-state index in [0.29, 0.717) is 16.8 Å². The zero-order valence-corrected chi connectivity index (χ0v) is 16.6. The fourth-order valence-corrected chi connectivity index (χ4v) is 3.49. The van der Waals surface area contributed by atoms with Crippen molar-refractivity contribution < 1.29 is 14.0 Å². The van der Waals surface area contributed by atoms with Crippen molar-refractivity contribution in [1.29, 1.82) is 0 Å². The van der Waals surface area contributed by atoms with E-state index in [1.807, 2.05) is 42.8 Å². The van der Waals surface area contributed by atoms with E-state index < -0.39 is 5.92 Å². The van der Waals surface area contributed by atoms with Crippen LogP contribution in [0.15, 0.2) is 66.8 Å².